The van der Waals surface area contributed by atoms with Crippen LogP contribution in [-0.4, -0.2) is 23.8 Å². The molecule has 120 valence electrons. The molecular formula is C16H23N3O3. The van der Waals surface area contributed by atoms with Crippen molar-refractivity contribution in [1.82, 2.24) is 15.5 Å². The first-order chi connectivity index (χ1) is 10.6. The van der Waals surface area contributed by atoms with Crippen LogP contribution in [0.4, 0.5) is 0 Å². The van der Waals surface area contributed by atoms with Crippen LogP contribution in [0, 0.1) is 12.8 Å². The van der Waals surface area contributed by atoms with Crippen molar-refractivity contribution in [2.24, 2.45) is 5.92 Å². The van der Waals surface area contributed by atoms with Crippen LogP contribution in [0.2, 0.25) is 0 Å². The van der Waals surface area contributed by atoms with Gasteiger partial charge in [-0.05, 0) is 37.1 Å². The molecule has 22 heavy (non-hydrogen) atoms. The van der Waals surface area contributed by atoms with Crippen LogP contribution in [0.1, 0.15) is 31.1 Å². The van der Waals surface area contributed by atoms with Gasteiger partial charge in [0.1, 0.15) is 0 Å². The lowest BCUT2D eigenvalue weighted by molar-refractivity contribution is 0.233. The first-order valence-corrected chi connectivity index (χ1v) is 7.38. The largest absolute Gasteiger partial charge is 0.493 e. The van der Waals surface area contributed by atoms with E-state index in [-0.39, 0.29) is 6.61 Å². The highest BCUT2D eigenvalue weighted by atomic mass is 16.5. The Hall–Kier alpha value is -2.08. The molecule has 2 aromatic rings. The van der Waals surface area contributed by atoms with E-state index < -0.39 is 0 Å². The molecule has 1 N–H and O–H groups in total. The number of hydrogen-bond acceptors (Lipinski definition) is 6. The highest BCUT2D eigenvalue weighted by Crippen LogP contribution is 2.28. The van der Waals surface area contributed by atoms with E-state index in [0.717, 1.165) is 18.7 Å². The number of rotatable bonds is 8. The molecule has 0 bridgehead atoms. The van der Waals surface area contributed by atoms with Crippen molar-refractivity contribution >= 4 is 0 Å². The normalized spacial score (nSPS) is 11.0. The quantitative estimate of drug-likeness (QED) is 0.808. The standard InChI is InChI=1S/C16H23N3O3/c1-11(2)8-17-9-13-5-6-14(15(7-13)20-4)21-10-16-18-12(3)19-22-16/h5-7,11,17H,8-10H2,1-4H3. The maximum Gasteiger partial charge on any atom is 0.264 e. The lowest BCUT2D eigenvalue weighted by Gasteiger charge is -2.12. The average Bonchev–Trinajstić information content (AvgIpc) is 2.91. The first kappa shape index (κ1) is 16.3. The van der Waals surface area contributed by atoms with Gasteiger partial charge in [0.25, 0.3) is 5.89 Å². The Bertz CT molecular complexity index is 596. The third-order valence-electron chi connectivity index (χ3n) is 3.03. The summed E-state index contributed by atoms with van der Waals surface area (Å²) in [7, 11) is 1.63. The molecule has 0 amide bonds. The van der Waals surface area contributed by atoms with Crippen LogP contribution in [0.25, 0.3) is 0 Å². The fraction of sp³-hybridized carbons (Fsp3) is 0.500. The summed E-state index contributed by atoms with van der Waals surface area (Å²) in [6, 6.07) is 5.89. The van der Waals surface area contributed by atoms with Gasteiger partial charge in [0.05, 0.1) is 7.11 Å². The van der Waals surface area contributed by atoms with Crippen molar-refractivity contribution in [2.75, 3.05) is 13.7 Å². The van der Waals surface area contributed by atoms with Gasteiger partial charge >= 0.3 is 0 Å². The van der Waals surface area contributed by atoms with Gasteiger partial charge in [0.15, 0.2) is 23.9 Å². The number of nitrogens with one attached hydrogen (secondary N) is 1. The summed E-state index contributed by atoms with van der Waals surface area (Å²) in [6.07, 6.45) is 0. The Balaban J connectivity index is 1.96. The van der Waals surface area contributed by atoms with Gasteiger partial charge in [-0.25, -0.2) is 0 Å². The van der Waals surface area contributed by atoms with Crippen molar-refractivity contribution < 1.29 is 14.0 Å². The number of aryl methyl sites for hydroxylation is 1. The van der Waals surface area contributed by atoms with Gasteiger partial charge in [-0.3, -0.25) is 0 Å². The third-order valence-corrected chi connectivity index (χ3v) is 3.03. The lowest BCUT2D eigenvalue weighted by Crippen LogP contribution is -2.18. The van der Waals surface area contributed by atoms with Gasteiger partial charge in [0.2, 0.25) is 0 Å². The van der Waals surface area contributed by atoms with Gasteiger partial charge in [0, 0.05) is 6.54 Å². The molecule has 0 atom stereocenters. The molecule has 1 heterocycles. The molecule has 0 saturated carbocycles. The van der Waals surface area contributed by atoms with Crippen LogP contribution in [0.5, 0.6) is 11.5 Å². The second-order valence-corrected chi connectivity index (χ2v) is 5.53. The predicted molar refractivity (Wildman–Crippen MR) is 82.9 cm³/mol. The number of nitrogens with zero attached hydrogens (tertiary/aromatic N) is 2. The summed E-state index contributed by atoms with van der Waals surface area (Å²) in [6.45, 7) is 8.15. The van der Waals surface area contributed by atoms with E-state index in [1.807, 2.05) is 18.2 Å². The number of hydrogen-bond donors (Lipinski definition) is 1. The lowest BCUT2D eigenvalue weighted by atomic mass is 10.2. The Morgan fingerprint density at radius 3 is 2.73 bits per heavy atom. The maximum absolute atomic E-state index is 5.68. The summed E-state index contributed by atoms with van der Waals surface area (Å²) >= 11 is 0. The molecule has 1 aromatic carbocycles. The van der Waals surface area contributed by atoms with Crippen molar-refractivity contribution in [3.05, 3.63) is 35.5 Å². The SMILES string of the molecule is COc1cc(CNCC(C)C)ccc1OCc1nc(C)no1. The molecular weight excluding hydrogens is 282 g/mol. The zero-order valence-corrected chi connectivity index (χ0v) is 13.5. The maximum atomic E-state index is 5.68. The molecule has 0 aliphatic carbocycles. The summed E-state index contributed by atoms with van der Waals surface area (Å²) in [5, 5.41) is 7.13. The van der Waals surface area contributed by atoms with Gasteiger partial charge in [-0.2, -0.15) is 4.98 Å². The topological polar surface area (TPSA) is 69.4 Å². The summed E-state index contributed by atoms with van der Waals surface area (Å²) in [5.74, 6) is 3.02. The molecule has 1 aromatic heterocycles. The monoisotopic (exact) mass is 305 g/mol. The van der Waals surface area contributed by atoms with Gasteiger partial charge in [-0.1, -0.05) is 25.1 Å². The fourth-order valence-corrected chi connectivity index (χ4v) is 1.98. The Morgan fingerprint density at radius 2 is 2.09 bits per heavy atom. The Morgan fingerprint density at radius 1 is 1.27 bits per heavy atom. The smallest absolute Gasteiger partial charge is 0.264 e. The Labute approximate surface area is 130 Å². The molecule has 0 aliphatic rings. The second kappa shape index (κ2) is 7.79. The van der Waals surface area contributed by atoms with E-state index in [9.17, 15) is 0 Å². The summed E-state index contributed by atoms with van der Waals surface area (Å²) in [5.41, 5.74) is 1.15. The Kier molecular flexibility index (Phi) is 5.77. The predicted octanol–water partition coefficient (Wildman–Crippen LogP) is 2.71. The van der Waals surface area contributed by atoms with E-state index in [0.29, 0.717) is 29.1 Å². The molecule has 6 nitrogen and oxygen atoms in total. The minimum absolute atomic E-state index is 0.224. The molecule has 0 unspecified atom stereocenters. The third kappa shape index (κ3) is 4.73. The molecule has 0 spiro atoms. The van der Waals surface area contributed by atoms with E-state index in [1.165, 1.54) is 0 Å². The molecule has 0 aliphatic heterocycles. The van der Waals surface area contributed by atoms with Crippen LogP contribution in [-0.2, 0) is 13.2 Å². The molecule has 6 heteroatoms. The zero-order chi connectivity index (χ0) is 15.9. The number of methoxy groups -OCH3 is 1. The van der Waals surface area contributed by atoms with Crippen LogP contribution >= 0.6 is 0 Å². The average molecular weight is 305 g/mol. The summed E-state index contributed by atoms with van der Waals surface area (Å²) < 4.78 is 16.1. The van der Waals surface area contributed by atoms with Crippen molar-refractivity contribution in [3.63, 3.8) is 0 Å². The number of ether oxygens (including phenoxy) is 2. The highest BCUT2D eigenvalue weighted by molar-refractivity contribution is 5.42. The summed E-state index contributed by atoms with van der Waals surface area (Å²) in [4.78, 5) is 4.10. The van der Waals surface area contributed by atoms with Gasteiger partial charge < -0.3 is 19.3 Å². The van der Waals surface area contributed by atoms with Gasteiger partial charge in [-0.15, -0.1) is 0 Å². The fourth-order valence-electron chi connectivity index (χ4n) is 1.98. The van der Waals surface area contributed by atoms with Crippen LogP contribution in [0.3, 0.4) is 0 Å². The highest BCUT2D eigenvalue weighted by Gasteiger charge is 2.09. The minimum atomic E-state index is 0.224. The van der Waals surface area contributed by atoms with Crippen LogP contribution < -0.4 is 14.8 Å². The van der Waals surface area contributed by atoms with E-state index in [1.54, 1.807) is 14.0 Å². The van der Waals surface area contributed by atoms with E-state index in [2.05, 4.69) is 29.3 Å². The van der Waals surface area contributed by atoms with Crippen molar-refractivity contribution in [2.45, 2.75) is 33.9 Å². The number of benzene rings is 1. The van der Waals surface area contributed by atoms with Crippen molar-refractivity contribution in [3.8, 4) is 11.5 Å². The van der Waals surface area contributed by atoms with E-state index in [4.69, 9.17) is 14.0 Å². The van der Waals surface area contributed by atoms with E-state index >= 15 is 0 Å². The first-order valence-electron chi connectivity index (χ1n) is 7.38. The molecule has 0 fully saturated rings. The van der Waals surface area contributed by atoms with Crippen LogP contribution in [0.15, 0.2) is 22.7 Å². The van der Waals surface area contributed by atoms with Crippen molar-refractivity contribution in [1.29, 1.82) is 0 Å². The molecule has 2 rings (SSSR count). The molecule has 0 radical (unpaired) electrons. The second-order valence-electron chi connectivity index (χ2n) is 5.53. The number of aromatic nitrogens is 2. The zero-order valence-electron chi connectivity index (χ0n) is 13.5. The molecule has 0 saturated heterocycles. The minimum Gasteiger partial charge on any atom is -0.493 e.